The van der Waals surface area contributed by atoms with Crippen molar-refractivity contribution >= 4 is 11.6 Å². The number of hydrogen-bond donors (Lipinski definition) is 0. The first-order chi connectivity index (χ1) is 12.5. The van der Waals surface area contributed by atoms with Crippen LogP contribution in [-0.2, 0) is 11.3 Å². The molecule has 4 rings (SSSR count). The maximum Gasteiger partial charge on any atom is 0.265 e. The van der Waals surface area contributed by atoms with E-state index in [1.165, 1.54) is 11.1 Å². The number of nitrogens with zero attached hydrogens (tertiary/aromatic N) is 3. The summed E-state index contributed by atoms with van der Waals surface area (Å²) < 4.78 is 10.9. The van der Waals surface area contributed by atoms with E-state index in [0.717, 1.165) is 16.8 Å². The normalized spacial score (nSPS) is 13.5. The predicted octanol–water partition coefficient (Wildman–Crippen LogP) is 3.59. The van der Waals surface area contributed by atoms with Gasteiger partial charge in [0, 0.05) is 5.56 Å². The number of hydrogen-bond acceptors (Lipinski definition) is 5. The van der Waals surface area contributed by atoms with Gasteiger partial charge in [-0.3, -0.25) is 9.69 Å². The van der Waals surface area contributed by atoms with Crippen molar-refractivity contribution in [2.75, 3.05) is 11.5 Å². The van der Waals surface area contributed by atoms with Gasteiger partial charge in [-0.25, -0.2) is 0 Å². The minimum absolute atomic E-state index is 0.00815. The van der Waals surface area contributed by atoms with E-state index in [4.69, 9.17) is 9.26 Å². The molecule has 0 saturated heterocycles. The highest BCUT2D eigenvalue weighted by molar-refractivity contribution is 5.97. The summed E-state index contributed by atoms with van der Waals surface area (Å²) in [5.74, 6) is 1.47. The number of benzene rings is 2. The summed E-state index contributed by atoms with van der Waals surface area (Å²) >= 11 is 0. The first kappa shape index (κ1) is 16.3. The summed E-state index contributed by atoms with van der Waals surface area (Å²) in [6, 6.07) is 11.8. The van der Waals surface area contributed by atoms with E-state index in [1.807, 2.05) is 50.2 Å². The fourth-order valence-corrected chi connectivity index (χ4v) is 2.94. The molecule has 0 unspecified atom stereocenters. The van der Waals surface area contributed by atoms with Gasteiger partial charge in [-0.15, -0.1) is 0 Å². The highest BCUT2D eigenvalue weighted by atomic mass is 16.5. The second-order valence-electron chi connectivity index (χ2n) is 6.55. The smallest absolute Gasteiger partial charge is 0.265 e. The third-order valence-electron chi connectivity index (χ3n) is 4.58. The number of carbonyl (C=O) groups excluding carboxylic acids is 1. The number of aromatic nitrogens is 2. The van der Waals surface area contributed by atoms with E-state index in [-0.39, 0.29) is 19.1 Å². The SMILES string of the molecule is Cc1ccc2c(c1)N(Cc1nc(-c3ccc(C)c(C)c3)no1)C(=O)CO2. The number of rotatable bonds is 3. The fraction of sp³-hybridized carbons (Fsp3) is 0.250. The van der Waals surface area contributed by atoms with Gasteiger partial charge in [-0.05, 0) is 55.7 Å². The number of aryl methyl sites for hydroxylation is 3. The molecular weight excluding hydrogens is 330 g/mol. The molecule has 1 aliphatic rings. The standard InChI is InChI=1S/C20H19N3O3/c1-12-4-7-17-16(8-12)23(19(24)11-25-17)10-18-21-20(22-26-18)15-6-5-13(2)14(3)9-15/h4-9H,10-11H2,1-3H3. The maximum atomic E-state index is 12.3. The van der Waals surface area contributed by atoms with Gasteiger partial charge in [-0.2, -0.15) is 4.98 Å². The third kappa shape index (κ3) is 2.94. The first-order valence-electron chi connectivity index (χ1n) is 8.45. The van der Waals surface area contributed by atoms with Crippen LogP contribution in [0, 0.1) is 20.8 Å². The molecular formula is C20H19N3O3. The first-order valence-corrected chi connectivity index (χ1v) is 8.45. The minimum atomic E-state index is -0.131. The molecule has 1 aromatic heterocycles. The topological polar surface area (TPSA) is 68.5 Å². The molecule has 6 heteroatoms. The Balaban J connectivity index is 1.62. The van der Waals surface area contributed by atoms with Crippen LogP contribution >= 0.6 is 0 Å². The van der Waals surface area contributed by atoms with E-state index < -0.39 is 0 Å². The van der Waals surface area contributed by atoms with E-state index in [1.54, 1.807) is 4.90 Å². The summed E-state index contributed by atoms with van der Waals surface area (Å²) in [6.07, 6.45) is 0. The van der Waals surface area contributed by atoms with Gasteiger partial charge in [0.25, 0.3) is 5.91 Å². The van der Waals surface area contributed by atoms with Crippen LogP contribution in [0.5, 0.6) is 5.75 Å². The quantitative estimate of drug-likeness (QED) is 0.723. The van der Waals surface area contributed by atoms with Crippen LogP contribution in [-0.4, -0.2) is 22.7 Å². The van der Waals surface area contributed by atoms with Gasteiger partial charge in [0.1, 0.15) is 12.3 Å². The van der Waals surface area contributed by atoms with Gasteiger partial charge in [0.2, 0.25) is 11.7 Å². The molecule has 2 heterocycles. The molecule has 26 heavy (non-hydrogen) atoms. The Morgan fingerprint density at radius 1 is 1.08 bits per heavy atom. The van der Waals surface area contributed by atoms with Gasteiger partial charge in [-0.1, -0.05) is 23.4 Å². The molecule has 1 aliphatic heterocycles. The predicted molar refractivity (Wildman–Crippen MR) is 97.1 cm³/mol. The van der Waals surface area contributed by atoms with Crippen LogP contribution in [0.4, 0.5) is 5.69 Å². The molecule has 0 aliphatic carbocycles. The van der Waals surface area contributed by atoms with Gasteiger partial charge >= 0.3 is 0 Å². The second kappa shape index (κ2) is 6.29. The Morgan fingerprint density at radius 3 is 2.73 bits per heavy atom. The molecule has 0 N–H and O–H groups in total. The van der Waals surface area contributed by atoms with Crippen LogP contribution in [0.15, 0.2) is 40.9 Å². The zero-order chi connectivity index (χ0) is 18.3. The number of carbonyl (C=O) groups is 1. The molecule has 1 amide bonds. The molecule has 0 bridgehead atoms. The lowest BCUT2D eigenvalue weighted by Gasteiger charge is -2.28. The van der Waals surface area contributed by atoms with E-state index in [9.17, 15) is 4.79 Å². The molecule has 0 radical (unpaired) electrons. The van der Waals surface area contributed by atoms with Crippen molar-refractivity contribution in [3.8, 4) is 17.1 Å². The largest absolute Gasteiger partial charge is 0.482 e. The summed E-state index contributed by atoms with van der Waals surface area (Å²) in [5, 5.41) is 4.07. The van der Waals surface area contributed by atoms with Crippen LogP contribution in [0.25, 0.3) is 11.4 Å². The summed E-state index contributed by atoms with van der Waals surface area (Å²) in [7, 11) is 0. The van der Waals surface area contributed by atoms with Gasteiger partial charge < -0.3 is 9.26 Å². The molecule has 2 aromatic carbocycles. The van der Waals surface area contributed by atoms with Crippen molar-refractivity contribution in [2.45, 2.75) is 27.3 Å². The Morgan fingerprint density at radius 2 is 1.92 bits per heavy atom. The summed E-state index contributed by atoms with van der Waals surface area (Å²) in [5.41, 5.74) is 5.05. The van der Waals surface area contributed by atoms with Crippen molar-refractivity contribution < 1.29 is 14.1 Å². The number of fused-ring (bicyclic) bond motifs is 1. The van der Waals surface area contributed by atoms with Crippen molar-refractivity contribution in [3.05, 3.63) is 59.0 Å². The lowest BCUT2D eigenvalue weighted by molar-refractivity contribution is -0.121. The van der Waals surface area contributed by atoms with Crippen molar-refractivity contribution in [1.82, 2.24) is 10.1 Å². The average Bonchev–Trinajstić information content (AvgIpc) is 3.09. The average molecular weight is 349 g/mol. The fourth-order valence-electron chi connectivity index (χ4n) is 2.94. The molecule has 0 fully saturated rings. The minimum Gasteiger partial charge on any atom is -0.482 e. The second-order valence-corrected chi connectivity index (χ2v) is 6.55. The lowest BCUT2D eigenvalue weighted by atomic mass is 10.1. The number of amides is 1. The molecule has 132 valence electrons. The number of ether oxygens (including phenoxy) is 1. The van der Waals surface area contributed by atoms with Crippen molar-refractivity contribution in [1.29, 1.82) is 0 Å². The van der Waals surface area contributed by atoms with Gasteiger partial charge in [0.15, 0.2) is 6.61 Å². The monoisotopic (exact) mass is 349 g/mol. The molecule has 0 spiro atoms. The summed E-state index contributed by atoms with van der Waals surface area (Å²) in [6.45, 7) is 6.31. The third-order valence-corrected chi connectivity index (χ3v) is 4.58. The van der Waals surface area contributed by atoms with Crippen LogP contribution in [0.1, 0.15) is 22.6 Å². The molecule has 6 nitrogen and oxygen atoms in total. The van der Waals surface area contributed by atoms with Crippen molar-refractivity contribution in [2.24, 2.45) is 0 Å². The molecule has 0 saturated carbocycles. The zero-order valence-electron chi connectivity index (χ0n) is 14.9. The Labute approximate surface area is 151 Å². The van der Waals surface area contributed by atoms with E-state index in [0.29, 0.717) is 17.5 Å². The Kier molecular flexibility index (Phi) is 3.95. The maximum absolute atomic E-state index is 12.3. The highest BCUT2D eigenvalue weighted by Crippen LogP contribution is 2.33. The van der Waals surface area contributed by atoms with Crippen LogP contribution in [0.3, 0.4) is 0 Å². The van der Waals surface area contributed by atoms with Crippen molar-refractivity contribution in [3.63, 3.8) is 0 Å². The Hall–Kier alpha value is -3.15. The van der Waals surface area contributed by atoms with E-state index >= 15 is 0 Å². The van der Waals surface area contributed by atoms with Gasteiger partial charge in [0.05, 0.1) is 5.69 Å². The van der Waals surface area contributed by atoms with E-state index in [2.05, 4.69) is 17.1 Å². The van der Waals surface area contributed by atoms with Crippen LogP contribution < -0.4 is 9.64 Å². The molecule has 3 aromatic rings. The summed E-state index contributed by atoms with van der Waals surface area (Å²) in [4.78, 5) is 18.4. The van der Waals surface area contributed by atoms with Crippen LogP contribution in [0.2, 0.25) is 0 Å². The lowest BCUT2D eigenvalue weighted by Crippen LogP contribution is -2.38. The zero-order valence-corrected chi connectivity index (χ0v) is 14.9. The number of anilines is 1. The molecule has 0 atom stereocenters. The highest BCUT2D eigenvalue weighted by Gasteiger charge is 2.27. The Bertz CT molecular complexity index is 994.